The van der Waals surface area contributed by atoms with Crippen LogP contribution in [0.4, 0.5) is 11.4 Å². The highest BCUT2D eigenvalue weighted by Crippen LogP contribution is 2.19. The first-order chi connectivity index (χ1) is 7.19. The van der Waals surface area contributed by atoms with Gasteiger partial charge < -0.3 is 15.5 Å². The summed E-state index contributed by atoms with van der Waals surface area (Å²) in [5, 5.41) is 1.67. The van der Waals surface area contributed by atoms with E-state index in [0.29, 0.717) is 13.2 Å². The molecule has 0 heterocycles. The third kappa shape index (κ3) is 3.11. The van der Waals surface area contributed by atoms with Crippen molar-refractivity contribution in [1.82, 2.24) is 0 Å². The van der Waals surface area contributed by atoms with E-state index in [4.69, 9.17) is 16.3 Å². The van der Waals surface area contributed by atoms with Crippen LogP contribution in [0.1, 0.15) is 12.5 Å². The summed E-state index contributed by atoms with van der Waals surface area (Å²) in [4.78, 5) is 0. The van der Waals surface area contributed by atoms with Crippen molar-refractivity contribution in [2.75, 3.05) is 31.0 Å². The average molecular weight is 209 g/mol. The maximum Gasteiger partial charge on any atom is 0.0653 e. The number of nitrogens with zero attached hydrogens (tertiary/aromatic N) is 1. The highest BCUT2D eigenvalue weighted by Gasteiger charge is 2.03. The quantitative estimate of drug-likeness (QED) is 0.434. The lowest BCUT2D eigenvalue weighted by Crippen LogP contribution is -2.34. The van der Waals surface area contributed by atoms with Crippen molar-refractivity contribution in [1.29, 1.82) is 0 Å². The lowest BCUT2D eigenvalue weighted by atomic mass is 10.1. The normalized spacial score (nSPS) is 10.3. The van der Waals surface area contributed by atoms with Gasteiger partial charge >= 0.3 is 0 Å². The first-order valence-corrected chi connectivity index (χ1v) is 5.08. The summed E-state index contributed by atoms with van der Waals surface area (Å²) in [5.74, 6) is 5.87. The van der Waals surface area contributed by atoms with Crippen LogP contribution in [0.25, 0.3) is 0 Å². The molecule has 4 heteroatoms. The summed E-state index contributed by atoms with van der Waals surface area (Å²) in [6, 6.07) is 5.83. The van der Waals surface area contributed by atoms with E-state index >= 15 is 0 Å². The maximum absolute atomic E-state index is 5.87. The molecule has 15 heavy (non-hydrogen) atoms. The molecule has 0 radical (unpaired) electrons. The van der Waals surface area contributed by atoms with Gasteiger partial charge in [-0.3, -0.25) is 0 Å². The van der Waals surface area contributed by atoms with E-state index in [9.17, 15) is 0 Å². The SMILES string of the molecule is CCc1cc(N(N)CCOC)ccc1N. The van der Waals surface area contributed by atoms with Gasteiger partial charge in [0.05, 0.1) is 18.8 Å². The number of rotatable bonds is 5. The Bertz CT molecular complexity index is 315. The predicted molar refractivity (Wildman–Crippen MR) is 63.6 cm³/mol. The van der Waals surface area contributed by atoms with E-state index in [1.165, 1.54) is 0 Å². The fourth-order valence-corrected chi connectivity index (χ4v) is 1.40. The molecule has 0 aliphatic rings. The molecule has 4 nitrogen and oxygen atoms in total. The highest BCUT2D eigenvalue weighted by atomic mass is 16.5. The van der Waals surface area contributed by atoms with Gasteiger partial charge in [0.2, 0.25) is 0 Å². The summed E-state index contributed by atoms with van der Waals surface area (Å²) in [7, 11) is 1.66. The van der Waals surface area contributed by atoms with Crippen LogP contribution in [0.2, 0.25) is 0 Å². The van der Waals surface area contributed by atoms with Gasteiger partial charge in [0.1, 0.15) is 0 Å². The zero-order valence-electron chi connectivity index (χ0n) is 9.36. The molecule has 4 N–H and O–H groups in total. The topological polar surface area (TPSA) is 64.5 Å². The van der Waals surface area contributed by atoms with Gasteiger partial charge in [0, 0.05) is 12.8 Å². The molecule has 0 aliphatic carbocycles. The van der Waals surface area contributed by atoms with E-state index in [1.54, 1.807) is 12.1 Å². The lowest BCUT2D eigenvalue weighted by molar-refractivity contribution is 0.205. The monoisotopic (exact) mass is 209 g/mol. The fraction of sp³-hybridized carbons (Fsp3) is 0.455. The number of nitrogens with two attached hydrogens (primary N) is 2. The van der Waals surface area contributed by atoms with Crippen LogP contribution in [-0.2, 0) is 11.2 Å². The van der Waals surface area contributed by atoms with Crippen LogP contribution in [0.15, 0.2) is 18.2 Å². The van der Waals surface area contributed by atoms with E-state index in [-0.39, 0.29) is 0 Å². The predicted octanol–water partition coefficient (Wildman–Crippen LogP) is 1.16. The molecule has 1 aromatic rings. The molecule has 0 spiro atoms. The summed E-state index contributed by atoms with van der Waals surface area (Å²) >= 11 is 0. The number of hydrazine groups is 1. The fourth-order valence-electron chi connectivity index (χ4n) is 1.40. The van der Waals surface area contributed by atoms with Gasteiger partial charge in [-0.05, 0) is 30.2 Å². The standard InChI is InChI=1S/C11H19N3O/c1-3-9-8-10(4-5-11(9)12)14(13)6-7-15-2/h4-5,8H,3,6-7,12-13H2,1-2H3. The van der Waals surface area contributed by atoms with Crippen molar-refractivity contribution in [2.45, 2.75) is 13.3 Å². The lowest BCUT2D eigenvalue weighted by Gasteiger charge is -2.19. The Labute approximate surface area is 90.8 Å². The van der Waals surface area contributed by atoms with E-state index in [2.05, 4.69) is 6.92 Å². The van der Waals surface area contributed by atoms with Crippen molar-refractivity contribution in [3.8, 4) is 0 Å². The first kappa shape index (κ1) is 11.8. The largest absolute Gasteiger partial charge is 0.399 e. The number of aryl methyl sites for hydroxylation is 1. The van der Waals surface area contributed by atoms with Gasteiger partial charge in [-0.2, -0.15) is 0 Å². The molecule has 0 unspecified atom stereocenters. The maximum atomic E-state index is 5.87. The number of methoxy groups -OCH3 is 1. The second-order valence-corrected chi connectivity index (χ2v) is 3.42. The number of ether oxygens (including phenoxy) is 1. The van der Waals surface area contributed by atoms with Crippen molar-refractivity contribution < 1.29 is 4.74 Å². The molecule has 0 atom stereocenters. The Balaban J connectivity index is 2.76. The number of nitrogen functional groups attached to an aromatic ring is 1. The van der Waals surface area contributed by atoms with E-state index in [1.807, 2.05) is 18.2 Å². The van der Waals surface area contributed by atoms with Crippen LogP contribution in [0, 0.1) is 0 Å². The van der Waals surface area contributed by atoms with Crippen LogP contribution in [-0.4, -0.2) is 20.3 Å². The molecule has 0 amide bonds. The first-order valence-electron chi connectivity index (χ1n) is 5.08. The van der Waals surface area contributed by atoms with Crippen molar-refractivity contribution >= 4 is 11.4 Å². The molecule has 0 fully saturated rings. The summed E-state index contributed by atoms with van der Waals surface area (Å²) in [5.41, 5.74) is 8.73. The van der Waals surface area contributed by atoms with Crippen LogP contribution in [0.3, 0.4) is 0 Å². The van der Waals surface area contributed by atoms with Gasteiger partial charge in [0.15, 0.2) is 0 Å². The Morgan fingerprint density at radius 1 is 1.40 bits per heavy atom. The van der Waals surface area contributed by atoms with Crippen molar-refractivity contribution in [2.24, 2.45) is 5.84 Å². The molecule has 0 bridgehead atoms. The van der Waals surface area contributed by atoms with Gasteiger partial charge in [-0.15, -0.1) is 0 Å². The number of hydrogen-bond donors (Lipinski definition) is 2. The molecule has 0 saturated carbocycles. The Kier molecular flexibility index (Phi) is 4.39. The third-order valence-electron chi connectivity index (χ3n) is 2.38. The number of benzene rings is 1. The molecule has 0 aliphatic heterocycles. The smallest absolute Gasteiger partial charge is 0.0653 e. The summed E-state index contributed by atoms with van der Waals surface area (Å²) in [6.07, 6.45) is 0.914. The van der Waals surface area contributed by atoms with Crippen LogP contribution >= 0.6 is 0 Å². The molecule has 84 valence electrons. The Morgan fingerprint density at radius 3 is 2.73 bits per heavy atom. The number of anilines is 2. The zero-order valence-corrected chi connectivity index (χ0v) is 9.36. The molecule has 1 rings (SSSR count). The summed E-state index contributed by atoms with van der Waals surface area (Å²) < 4.78 is 4.97. The molecule has 0 aromatic heterocycles. The van der Waals surface area contributed by atoms with Crippen molar-refractivity contribution in [3.05, 3.63) is 23.8 Å². The zero-order chi connectivity index (χ0) is 11.3. The van der Waals surface area contributed by atoms with Crippen molar-refractivity contribution in [3.63, 3.8) is 0 Å². The molecular weight excluding hydrogens is 190 g/mol. The van der Waals surface area contributed by atoms with E-state index < -0.39 is 0 Å². The number of hydrogen-bond acceptors (Lipinski definition) is 4. The highest BCUT2D eigenvalue weighted by molar-refractivity contribution is 5.57. The molecule has 0 saturated heterocycles. The van der Waals surface area contributed by atoms with Crippen LogP contribution in [0.5, 0.6) is 0 Å². The minimum Gasteiger partial charge on any atom is -0.399 e. The minimum absolute atomic E-state index is 0.613. The van der Waals surface area contributed by atoms with Gasteiger partial charge in [-0.1, -0.05) is 6.92 Å². The third-order valence-corrected chi connectivity index (χ3v) is 2.38. The Hall–Kier alpha value is -1.26. The second-order valence-electron chi connectivity index (χ2n) is 3.42. The molecular formula is C11H19N3O. The Morgan fingerprint density at radius 2 is 2.13 bits per heavy atom. The molecule has 1 aromatic carbocycles. The summed E-state index contributed by atoms with van der Waals surface area (Å²) in [6.45, 7) is 3.36. The van der Waals surface area contributed by atoms with Gasteiger partial charge in [-0.25, -0.2) is 5.84 Å². The van der Waals surface area contributed by atoms with E-state index in [0.717, 1.165) is 23.4 Å². The van der Waals surface area contributed by atoms with Crippen LogP contribution < -0.4 is 16.6 Å². The second kappa shape index (κ2) is 5.58. The average Bonchev–Trinajstić information content (AvgIpc) is 2.26. The minimum atomic E-state index is 0.613. The van der Waals surface area contributed by atoms with Gasteiger partial charge in [0.25, 0.3) is 0 Å².